The number of thiophene rings is 1. The Balaban J connectivity index is 1.39. The van der Waals surface area contributed by atoms with Crippen LogP contribution in [0.15, 0.2) is 52.4 Å². The number of benzene rings is 1. The molecular weight excluding hydrogens is 448 g/mol. The predicted molar refractivity (Wildman–Crippen MR) is 130 cm³/mol. The minimum Gasteiger partial charge on any atom is -0.356 e. The number of nitrogens with one attached hydrogen (secondary N) is 1. The molecule has 1 N–H and O–H groups in total. The molecule has 1 saturated heterocycles. The Bertz CT molecular complexity index is 1100. The fraction of sp³-hybridized carbons (Fsp3) is 0.462. The molecule has 1 aliphatic carbocycles. The minimum atomic E-state index is -0.281. The molecule has 1 saturated carbocycles. The van der Waals surface area contributed by atoms with Crippen LogP contribution in [0.5, 0.6) is 0 Å². The molecular formula is C26H30N4O3S. The van der Waals surface area contributed by atoms with E-state index in [9.17, 15) is 9.59 Å². The third-order valence-corrected chi connectivity index (χ3v) is 7.78. The first-order chi connectivity index (χ1) is 16.7. The highest BCUT2D eigenvalue weighted by atomic mass is 32.1. The molecule has 1 aliphatic heterocycles. The van der Waals surface area contributed by atoms with E-state index in [1.807, 2.05) is 52.7 Å². The number of aromatic nitrogens is 2. The van der Waals surface area contributed by atoms with Gasteiger partial charge in [0, 0.05) is 31.5 Å². The molecule has 2 amide bonds. The summed E-state index contributed by atoms with van der Waals surface area (Å²) in [4.78, 5) is 34.0. The zero-order valence-corrected chi connectivity index (χ0v) is 20.0. The summed E-state index contributed by atoms with van der Waals surface area (Å²) in [7, 11) is 0. The first-order valence-electron chi connectivity index (χ1n) is 12.2. The third kappa shape index (κ3) is 5.06. The molecule has 3 aromatic rings. The highest BCUT2D eigenvalue weighted by Gasteiger charge is 2.45. The minimum absolute atomic E-state index is 0.0213. The Morgan fingerprint density at radius 2 is 1.94 bits per heavy atom. The van der Waals surface area contributed by atoms with E-state index < -0.39 is 0 Å². The molecule has 0 bridgehead atoms. The smallest absolute Gasteiger partial charge is 0.264 e. The van der Waals surface area contributed by atoms with Crippen LogP contribution < -0.4 is 5.32 Å². The van der Waals surface area contributed by atoms with Crippen LogP contribution in [0, 0.1) is 5.92 Å². The van der Waals surface area contributed by atoms with Crippen molar-refractivity contribution in [2.45, 2.75) is 56.9 Å². The predicted octanol–water partition coefficient (Wildman–Crippen LogP) is 4.42. The van der Waals surface area contributed by atoms with Gasteiger partial charge in [-0.3, -0.25) is 9.59 Å². The SMILES string of the molecule is O=C1NCCCCCCN(C(=O)c2cccs2)[C@H]2C[C@H](c3nc(Cc4ccccc4)no3)C[C@@H]12. The Labute approximate surface area is 203 Å². The van der Waals surface area contributed by atoms with Gasteiger partial charge in [-0.15, -0.1) is 11.3 Å². The molecule has 3 atom stereocenters. The third-order valence-electron chi connectivity index (χ3n) is 6.92. The van der Waals surface area contributed by atoms with Crippen LogP contribution in [0.25, 0.3) is 0 Å². The number of carbonyl (C=O) groups is 2. The van der Waals surface area contributed by atoms with Crippen molar-refractivity contribution in [1.29, 1.82) is 0 Å². The van der Waals surface area contributed by atoms with Gasteiger partial charge in [-0.05, 0) is 42.7 Å². The van der Waals surface area contributed by atoms with Crippen LogP contribution in [0.3, 0.4) is 0 Å². The summed E-state index contributed by atoms with van der Waals surface area (Å²) in [6.45, 7) is 1.36. The number of hydrogen-bond donors (Lipinski definition) is 1. The molecule has 1 aromatic carbocycles. The Morgan fingerprint density at radius 1 is 1.09 bits per heavy atom. The van der Waals surface area contributed by atoms with Crippen LogP contribution in [0.4, 0.5) is 0 Å². The normalized spacial score (nSPS) is 23.7. The van der Waals surface area contributed by atoms with Crippen LogP contribution in [0.1, 0.15) is 71.4 Å². The molecule has 2 aliphatic rings. The summed E-state index contributed by atoms with van der Waals surface area (Å²) in [5, 5.41) is 9.24. The van der Waals surface area contributed by atoms with Gasteiger partial charge in [0.1, 0.15) is 0 Å². The molecule has 5 rings (SSSR count). The molecule has 8 heteroatoms. The van der Waals surface area contributed by atoms with Gasteiger partial charge in [-0.2, -0.15) is 4.98 Å². The zero-order chi connectivity index (χ0) is 23.3. The molecule has 0 radical (unpaired) electrons. The number of rotatable bonds is 4. The van der Waals surface area contributed by atoms with Crippen molar-refractivity contribution in [3.05, 3.63) is 70.0 Å². The number of carbonyl (C=O) groups excluding carboxylic acids is 2. The van der Waals surface area contributed by atoms with Crippen molar-refractivity contribution in [1.82, 2.24) is 20.4 Å². The summed E-state index contributed by atoms with van der Waals surface area (Å²) < 4.78 is 5.67. The molecule has 3 heterocycles. The van der Waals surface area contributed by atoms with Crippen molar-refractivity contribution in [2.75, 3.05) is 13.1 Å². The molecule has 34 heavy (non-hydrogen) atoms. The summed E-state index contributed by atoms with van der Waals surface area (Å²) in [6.07, 6.45) is 5.90. The van der Waals surface area contributed by atoms with E-state index in [1.165, 1.54) is 11.3 Å². The maximum absolute atomic E-state index is 13.5. The van der Waals surface area contributed by atoms with Crippen molar-refractivity contribution in [3.63, 3.8) is 0 Å². The van der Waals surface area contributed by atoms with E-state index in [-0.39, 0.29) is 29.7 Å². The van der Waals surface area contributed by atoms with Gasteiger partial charge in [-0.25, -0.2) is 0 Å². The van der Waals surface area contributed by atoms with E-state index >= 15 is 0 Å². The van der Waals surface area contributed by atoms with Crippen LogP contribution in [-0.4, -0.2) is 46.0 Å². The van der Waals surface area contributed by atoms with Crippen LogP contribution in [0.2, 0.25) is 0 Å². The molecule has 7 nitrogen and oxygen atoms in total. The van der Waals surface area contributed by atoms with Gasteiger partial charge in [0.05, 0.1) is 10.8 Å². The van der Waals surface area contributed by atoms with Gasteiger partial charge in [0.2, 0.25) is 11.8 Å². The maximum atomic E-state index is 13.5. The van der Waals surface area contributed by atoms with E-state index in [2.05, 4.69) is 15.5 Å². The monoisotopic (exact) mass is 478 g/mol. The topological polar surface area (TPSA) is 88.3 Å². The lowest BCUT2D eigenvalue weighted by Gasteiger charge is -2.32. The number of nitrogens with zero attached hydrogens (tertiary/aromatic N) is 3. The van der Waals surface area contributed by atoms with E-state index in [0.29, 0.717) is 44.1 Å². The number of fused-ring (bicyclic) bond motifs is 1. The van der Waals surface area contributed by atoms with Gasteiger partial charge >= 0.3 is 0 Å². The largest absolute Gasteiger partial charge is 0.356 e. The molecule has 2 fully saturated rings. The fourth-order valence-electron chi connectivity index (χ4n) is 5.19. The summed E-state index contributed by atoms with van der Waals surface area (Å²) in [5.74, 6) is 0.944. The quantitative estimate of drug-likeness (QED) is 0.600. The average Bonchev–Trinajstić information content (AvgIpc) is 3.61. The van der Waals surface area contributed by atoms with Gasteiger partial charge in [0.25, 0.3) is 5.91 Å². The first kappa shape index (κ1) is 22.8. The average molecular weight is 479 g/mol. The summed E-state index contributed by atoms with van der Waals surface area (Å²) in [5.41, 5.74) is 1.12. The number of hydrogen-bond acceptors (Lipinski definition) is 6. The lowest BCUT2D eigenvalue weighted by atomic mass is 10.00. The maximum Gasteiger partial charge on any atom is 0.264 e. The van der Waals surface area contributed by atoms with Gasteiger partial charge in [-0.1, -0.05) is 54.4 Å². The lowest BCUT2D eigenvalue weighted by molar-refractivity contribution is -0.126. The lowest BCUT2D eigenvalue weighted by Crippen LogP contribution is -2.47. The van der Waals surface area contributed by atoms with E-state index in [1.54, 1.807) is 0 Å². The Morgan fingerprint density at radius 3 is 2.76 bits per heavy atom. The zero-order valence-electron chi connectivity index (χ0n) is 19.2. The fourth-order valence-corrected chi connectivity index (χ4v) is 5.87. The molecule has 178 valence electrons. The van der Waals surface area contributed by atoms with E-state index in [0.717, 1.165) is 36.1 Å². The summed E-state index contributed by atoms with van der Waals surface area (Å²) >= 11 is 1.45. The van der Waals surface area contributed by atoms with Crippen molar-refractivity contribution >= 4 is 23.2 Å². The van der Waals surface area contributed by atoms with Gasteiger partial charge in [0.15, 0.2) is 5.82 Å². The Hall–Kier alpha value is -3.00. The summed E-state index contributed by atoms with van der Waals surface area (Å²) in [6, 6.07) is 13.6. The van der Waals surface area contributed by atoms with E-state index in [4.69, 9.17) is 4.52 Å². The highest BCUT2D eigenvalue weighted by Crippen LogP contribution is 2.41. The van der Waals surface area contributed by atoms with Crippen molar-refractivity contribution in [2.24, 2.45) is 5.92 Å². The van der Waals surface area contributed by atoms with Gasteiger partial charge < -0.3 is 14.7 Å². The van der Waals surface area contributed by atoms with Crippen LogP contribution >= 0.6 is 11.3 Å². The second-order valence-electron chi connectivity index (χ2n) is 9.23. The van der Waals surface area contributed by atoms with Crippen LogP contribution in [-0.2, 0) is 11.2 Å². The number of amides is 2. The van der Waals surface area contributed by atoms with Crippen molar-refractivity contribution < 1.29 is 14.1 Å². The highest BCUT2D eigenvalue weighted by molar-refractivity contribution is 7.12. The molecule has 2 aromatic heterocycles. The Kier molecular flexibility index (Phi) is 7.04. The molecule has 0 unspecified atom stereocenters. The second kappa shape index (κ2) is 10.5. The standard InChI is InChI=1S/C26H30N4O3S/c31-24-20-16-19(25-28-23(29-33-25)15-18-9-4-3-5-10-18)17-21(20)30(13-7-2-1-6-12-27-24)26(32)22-11-8-14-34-22/h3-5,8-11,14,19-21H,1-2,6-7,12-13,15-17H2,(H,27,31)/t19-,20-,21+/m1/s1. The first-order valence-corrected chi connectivity index (χ1v) is 13.1. The second-order valence-corrected chi connectivity index (χ2v) is 10.2. The molecule has 0 spiro atoms. The van der Waals surface area contributed by atoms with Crippen molar-refractivity contribution in [3.8, 4) is 0 Å².